The highest BCUT2D eigenvalue weighted by Crippen LogP contribution is 2.26. The first kappa shape index (κ1) is 12.7. The van der Waals surface area contributed by atoms with Crippen molar-refractivity contribution in [2.24, 2.45) is 0 Å². The minimum absolute atomic E-state index is 0.527. The highest BCUT2D eigenvalue weighted by molar-refractivity contribution is 7.64. The minimum Gasteiger partial charge on any atom is -0.126 e. The van der Waals surface area contributed by atoms with Crippen LogP contribution in [-0.4, -0.2) is 6.00 Å². The average Bonchev–Trinajstić information content (AvgIpc) is 2.14. The lowest BCUT2D eigenvalue weighted by Crippen LogP contribution is -2.09. The molecule has 0 aliphatic heterocycles. The first-order chi connectivity index (χ1) is 6.51. The van der Waals surface area contributed by atoms with E-state index in [1.54, 1.807) is 0 Å². The third-order valence-corrected chi connectivity index (χ3v) is 4.67. The topological polar surface area (TPSA) is 0 Å². The van der Waals surface area contributed by atoms with Crippen molar-refractivity contribution in [2.75, 3.05) is 0 Å². The van der Waals surface area contributed by atoms with Crippen molar-refractivity contribution in [1.29, 1.82) is 0 Å². The third kappa shape index (κ3) is 4.90. The molecule has 0 spiro atoms. The summed E-state index contributed by atoms with van der Waals surface area (Å²) in [6.45, 7) is 0. The maximum Gasteiger partial charge on any atom is 0.341 e. The molecule has 1 aromatic rings. The molecule has 0 radical (unpaired) electrons. The molecule has 14 heavy (non-hydrogen) atoms. The van der Waals surface area contributed by atoms with Gasteiger partial charge < -0.3 is 0 Å². The summed E-state index contributed by atoms with van der Waals surface area (Å²) in [5, 5.41) is 0. The maximum atomic E-state index is 5.80. The Hall–Kier alpha value is 0.597. The summed E-state index contributed by atoms with van der Waals surface area (Å²) in [5.41, 5.74) is 2.29. The monoisotopic (exact) mass is 286 g/mol. The summed E-state index contributed by atoms with van der Waals surface area (Å²) in [7, 11) is 0. The molecule has 5 heteroatoms. The van der Waals surface area contributed by atoms with E-state index >= 15 is 0 Å². The van der Waals surface area contributed by atoms with Crippen molar-refractivity contribution in [3.63, 3.8) is 0 Å². The molecular weight excluding hydrogens is 278 g/mol. The number of benzene rings is 1. The molecule has 78 valence electrons. The molecule has 1 rings (SSSR count). The number of halogens is 4. The Kier molecular flexibility index (Phi) is 5.08. The maximum absolute atomic E-state index is 5.80. The van der Waals surface area contributed by atoms with E-state index < -0.39 is 6.00 Å². The second-order valence-electron chi connectivity index (χ2n) is 3.07. The van der Waals surface area contributed by atoms with Crippen LogP contribution in [0.1, 0.15) is 11.1 Å². The fraction of sp³-hybridized carbons (Fsp3) is 0.333. The van der Waals surface area contributed by atoms with E-state index in [4.69, 9.17) is 44.8 Å². The largest absolute Gasteiger partial charge is 0.341 e. The standard InChI is InChI=1S/C9H10Cl4Si/c10-7-9-3-1-2-8(6-9)4-5-14(11,12)13/h1-3,6H,4-5,7H2. The van der Waals surface area contributed by atoms with E-state index in [2.05, 4.69) is 6.07 Å². The summed E-state index contributed by atoms with van der Waals surface area (Å²) in [6.07, 6.45) is 0.813. The van der Waals surface area contributed by atoms with E-state index in [0.717, 1.165) is 12.0 Å². The normalized spacial score (nSPS) is 11.7. The zero-order valence-corrected chi connectivity index (χ0v) is 11.5. The van der Waals surface area contributed by atoms with Gasteiger partial charge in [0.2, 0.25) is 0 Å². The van der Waals surface area contributed by atoms with Crippen molar-refractivity contribution in [1.82, 2.24) is 0 Å². The molecule has 0 fully saturated rings. The zero-order chi connectivity index (χ0) is 10.6. The van der Waals surface area contributed by atoms with Crippen LogP contribution >= 0.6 is 44.8 Å². The average molecular weight is 288 g/mol. The van der Waals surface area contributed by atoms with Gasteiger partial charge in [0.05, 0.1) is 0 Å². The van der Waals surface area contributed by atoms with Crippen molar-refractivity contribution in [3.8, 4) is 0 Å². The molecule has 0 bridgehead atoms. The molecule has 0 saturated heterocycles. The minimum atomic E-state index is -2.48. The van der Waals surface area contributed by atoms with Gasteiger partial charge in [-0.1, -0.05) is 24.3 Å². The van der Waals surface area contributed by atoms with E-state index in [1.807, 2.05) is 18.2 Å². The zero-order valence-electron chi connectivity index (χ0n) is 7.44. The van der Waals surface area contributed by atoms with Gasteiger partial charge in [-0.3, -0.25) is 0 Å². The quantitative estimate of drug-likeness (QED) is 0.430. The molecule has 0 unspecified atom stereocenters. The van der Waals surface area contributed by atoms with Gasteiger partial charge in [-0.25, -0.2) is 0 Å². The molecule has 0 atom stereocenters. The molecule has 0 N–H and O–H groups in total. The molecule has 0 heterocycles. The summed E-state index contributed by atoms with van der Waals surface area (Å²) < 4.78 is 0. The van der Waals surface area contributed by atoms with Gasteiger partial charge in [-0.05, 0) is 23.6 Å². The number of hydrogen-bond acceptors (Lipinski definition) is 0. The first-order valence-electron chi connectivity index (χ1n) is 4.22. The molecule has 0 aromatic heterocycles. The Morgan fingerprint density at radius 1 is 1.07 bits per heavy atom. The van der Waals surface area contributed by atoms with Gasteiger partial charge in [0.1, 0.15) is 0 Å². The van der Waals surface area contributed by atoms with Crippen LogP contribution < -0.4 is 0 Å². The first-order valence-corrected chi connectivity index (χ1v) is 9.99. The van der Waals surface area contributed by atoms with Crippen LogP contribution in [0.25, 0.3) is 0 Å². The summed E-state index contributed by atoms with van der Waals surface area (Å²) >= 11 is 23.1. The molecule has 0 aliphatic rings. The molecule has 0 saturated carbocycles. The fourth-order valence-corrected chi connectivity index (χ4v) is 2.74. The van der Waals surface area contributed by atoms with Crippen LogP contribution in [0.2, 0.25) is 6.04 Å². The van der Waals surface area contributed by atoms with Crippen LogP contribution in [0.4, 0.5) is 0 Å². The second-order valence-corrected chi connectivity index (χ2v) is 12.6. The molecular formula is C9H10Cl4Si. The van der Waals surface area contributed by atoms with Gasteiger partial charge in [0.15, 0.2) is 0 Å². The Balaban J connectivity index is 2.59. The van der Waals surface area contributed by atoms with E-state index in [1.165, 1.54) is 5.56 Å². The molecule has 1 aromatic carbocycles. The van der Waals surface area contributed by atoms with Crippen LogP contribution in [0.5, 0.6) is 0 Å². The number of hydrogen-bond donors (Lipinski definition) is 0. The summed E-state index contributed by atoms with van der Waals surface area (Å²) in [6, 6.07) is 6.22. The van der Waals surface area contributed by atoms with Gasteiger partial charge in [0, 0.05) is 5.88 Å². The van der Waals surface area contributed by atoms with Gasteiger partial charge >= 0.3 is 6.00 Å². The van der Waals surface area contributed by atoms with Crippen molar-refractivity contribution < 1.29 is 0 Å². The van der Waals surface area contributed by atoms with Gasteiger partial charge in [-0.2, -0.15) is 0 Å². The Labute approximate surface area is 104 Å². The predicted octanol–water partition coefficient (Wildman–Crippen LogP) is 4.62. The smallest absolute Gasteiger partial charge is 0.126 e. The molecule has 0 amide bonds. The highest BCUT2D eigenvalue weighted by atomic mass is 35.8. The Morgan fingerprint density at radius 3 is 2.29 bits per heavy atom. The van der Waals surface area contributed by atoms with Crippen molar-refractivity contribution in [2.45, 2.75) is 18.3 Å². The van der Waals surface area contributed by atoms with E-state index in [-0.39, 0.29) is 0 Å². The highest BCUT2D eigenvalue weighted by Gasteiger charge is 2.24. The Morgan fingerprint density at radius 2 is 1.71 bits per heavy atom. The van der Waals surface area contributed by atoms with Gasteiger partial charge in [-0.15, -0.1) is 44.8 Å². The lowest BCUT2D eigenvalue weighted by Gasteiger charge is -2.07. The van der Waals surface area contributed by atoms with Crippen LogP contribution in [0.3, 0.4) is 0 Å². The van der Waals surface area contributed by atoms with Crippen molar-refractivity contribution in [3.05, 3.63) is 35.4 Å². The number of rotatable bonds is 4. The van der Waals surface area contributed by atoms with E-state index in [9.17, 15) is 0 Å². The summed E-state index contributed by atoms with van der Waals surface area (Å²) in [5.74, 6) is 0.527. The molecule has 0 aliphatic carbocycles. The van der Waals surface area contributed by atoms with Crippen LogP contribution in [-0.2, 0) is 12.3 Å². The lowest BCUT2D eigenvalue weighted by molar-refractivity contribution is 1.11. The second kappa shape index (κ2) is 5.62. The van der Waals surface area contributed by atoms with E-state index in [0.29, 0.717) is 11.9 Å². The Bertz CT molecular complexity index is 295. The van der Waals surface area contributed by atoms with Crippen LogP contribution in [0.15, 0.2) is 24.3 Å². The fourth-order valence-electron chi connectivity index (χ4n) is 1.15. The lowest BCUT2D eigenvalue weighted by atomic mass is 10.1. The summed E-state index contributed by atoms with van der Waals surface area (Å²) in [4.78, 5) is 0. The number of aryl methyl sites for hydroxylation is 1. The predicted molar refractivity (Wildman–Crippen MR) is 67.8 cm³/mol. The number of alkyl halides is 1. The van der Waals surface area contributed by atoms with Gasteiger partial charge in [0.25, 0.3) is 0 Å². The molecule has 0 nitrogen and oxygen atoms in total. The SMILES string of the molecule is ClCc1cccc(CC[Si](Cl)(Cl)Cl)c1. The van der Waals surface area contributed by atoms with Crippen molar-refractivity contribution >= 4 is 50.8 Å². The third-order valence-electron chi connectivity index (χ3n) is 1.84. The van der Waals surface area contributed by atoms with Crippen LogP contribution in [0, 0.1) is 0 Å².